The van der Waals surface area contributed by atoms with E-state index in [-0.39, 0.29) is 5.56 Å². The molecule has 0 N–H and O–H groups in total. The van der Waals surface area contributed by atoms with Gasteiger partial charge in [0.15, 0.2) is 0 Å². The molecule has 0 aliphatic rings. The average Bonchev–Trinajstić information content (AvgIpc) is 2.77. The lowest BCUT2D eigenvalue weighted by Gasteiger charge is -2.17. The molecular formula is C26H40N2O3. The molecule has 31 heavy (non-hydrogen) atoms. The number of ether oxygens (including phenoxy) is 2. The zero-order chi connectivity index (χ0) is 22.5. The Labute approximate surface area is 188 Å². The number of rotatable bonds is 15. The molecule has 0 aliphatic heterocycles. The van der Waals surface area contributed by atoms with Crippen molar-refractivity contribution in [2.24, 2.45) is 5.92 Å². The molecule has 1 unspecified atom stereocenters. The van der Waals surface area contributed by atoms with E-state index in [1.54, 1.807) is 16.8 Å². The van der Waals surface area contributed by atoms with E-state index >= 15 is 0 Å². The van der Waals surface area contributed by atoms with Crippen molar-refractivity contribution in [2.45, 2.75) is 59.3 Å². The van der Waals surface area contributed by atoms with Crippen LogP contribution < -0.4 is 15.0 Å². The number of benzene rings is 1. The number of pyridine rings is 1. The van der Waals surface area contributed by atoms with Crippen LogP contribution in [0.4, 0.5) is 0 Å². The number of nitrogens with zero attached hydrogens (tertiary/aromatic N) is 2. The van der Waals surface area contributed by atoms with E-state index in [1.807, 2.05) is 30.3 Å². The molecule has 0 aliphatic carbocycles. The third kappa shape index (κ3) is 8.78. The summed E-state index contributed by atoms with van der Waals surface area (Å²) in [5.74, 6) is 2.00. The molecule has 0 bridgehead atoms. The molecule has 0 spiro atoms. The number of unbranched alkanes of at least 4 members (excludes halogenated alkanes) is 2. The van der Waals surface area contributed by atoms with Crippen molar-refractivity contribution in [1.82, 2.24) is 9.47 Å². The molecule has 172 valence electrons. The summed E-state index contributed by atoms with van der Waals surface area (Å²) in [5.41, 5.74) is 0.724. The topological polar surface area (TPSA) is 43.7 Å². The van der Waals surface area contributed by atoms with Crippen LogP contribution >= 0.6 is 0 Å². The van der Waals surface area contributed by atoms with Crippen molar-refractivity contribution in [3.8, 4) is 17.2 Å². The molecule has 1 heterocycles. The lowest BCUT2D eigenvalue weighted by atomic mass is 10.0. The highest BCUT2D eigenvalue weighted by molar-refractivity contribution is 5.38. The monoisotopic (exact) mass is 428 g/mol. The minimum Gasteiger partial charge on any atom is -0.493 e. The van der Waals surface area contributed by atoms with Gasteiger partial charge >= 0.3 is 0 Å². The van der Waals surface area contributed by atoms with Gasteiger partial charge in [0.2, 0.25) is 0 Å². The highest BCUT2D eigenvalue weighted by Gasteiger charge is 2.08. The summed E-state index contributed by atoms with van der Waals surface area (Å²) in [5, 5.41) is 0. The van der Waals surface area contributed by atoms with Gasteiger partial charge < -0.3 is 14.4 Å². The lowest BCUT2D eigenvalue weighted by Crippen LogP contribution is -2.25. The summed E-state index contributed by atoms with van der Waals surface area (Å²) in [6.45, 7) is 9.92. The van der Waals surface area contributed by atoms with Crippen molar-refractivity contribution in [3.63, 3.8) is 0 Å². The summed E-state index contributed by atoms with van der Waals surface area (Å²) >= 11 is 0. The zero-order valence-corrected chi connectivity index (χ0v) is 19.8. The van der Waals surface area contributed by atoms with Crippen LogP contribution in [0.1, 0.15) is 59.3 Å². The molecule has 1 aromatic heterocycles. The maximum Gasteiger partial charge on any atom is 0.258 e. The predicted octanol–water partition coefficient (Wildman–Crippen LogP) is 5.54. The van der Waals surface area contributed by atoms with Gasteiger partial charge in [-0.2, -0.15) is 0 Å². The molecule has 5 heteroatoms. The second kappa shape index (κ2) is 13.9. The first-order valence-corrected chi connectivity index (χ1v) is 11.8. The van der Waals surface area contributed by atoms with E-state index in [4.69, 9.17) is 9.47 Å². The smallest absolute Gasteiger partial charge is 0.258 e. The number of likely N-dealkylation sites (N-methyl/N-ethyl adjacent to an activating group) is 1. The number of aromatic nitrogens is 1. The molecular weight excluding hydrogens is 388 g/mol. The van der Waals surface area contributed by atoms with Gasteiger partial charge in [-0.15, -0.1) is 0 Å². The minimum atomic E-state index is -0.0941. The van der Waals surface area contributed by atoms with Gasteiger partial charge in [0.05, 0.1) is 6.61 Å². The Hall–Kier alpha value is -2.27. The summed E-state index contributed by atoms with van der Waals surface area (Å²) in [6.07, 6.45) is 8.92. The van der Waals surface area contributed by atoms with E-state index in [0.29, 0.717) is 24.9 Å². The van der Waals surface area contributed by atoms with Crippen LogP contribution in [0.5, 0.6) is 11.5 Å². The van der Waals surface area contributed by atoms with Crippen LogP contribution in [0.3, 0.4) is 0 Å². The summed E-state index contributed by atoms with van der Waals surface area (Å²) < 4.78 is 13.3. The van der Waals surface area contributed by atoms with Gasteiger partial charge in [0, 0.05) is 24.5 Å². The maximum atomic E-state index is 12.6. The van der Waals surface area contributed by atoms with Gasteiger partial charge in [0.1, 0.15) is 18.1 Å². The first-order chi connectivity index (χ1) is 15.1. The molecule has 0 radical (unpaired) electrons. The van der Waals surface area contributed by atoms with Gasteiger partial charge in [-0.1, -0.05) is 46.5 Å². The van der Waals surface area contributed by atoms with Crippen molar-refractivity contribution in [3.05, 3.63) is 52.9 Å². The van der Waals surface area contributed by atoms with Crippen molar-refractivity contribution in [1.29, 1.82) is 0 Å². The minimum absolute atomic E-state index is 0.0941. The second-order valence-electron chi connectivity index (χ2n) is 8.30. The Morgan fingerprint density at radius 2 is 1.71 bits per heavy atom. The van der Waals surface area contributed by atoms with Crippen molar-refractivity contribution < 1.29 is 9.47 Å². The Kier molecular flexibility index (Phi) is 11.2. The maximum absolute atomic E-state index is 12.6. The number of hydrogen-bond donors (Lipinski definition) is 0. The van der Waals surface area contributed by atoms with Gasteiger partial charge in [-0.05, 0) is 62.7 Å². The van der Waals surface area contributed by atoms with Crippen LogP contribution in [0.25, 0.3) is 5.69 Å². The average molecular weight is 429 g/mol. The Bertz CT molecular complexity index is 801. The van der Waals surface area contributed by atoms with E-state index in [2.05, 4.69) is 32.7 Å². The van der Waals surface area contributed by atoms with E-state index in [0.717, 1.165) is 43.8 Å². The molecule has 2 rings (SSSR count). The first-order valence-electron chi connectivity index (χ1n) is 11.8. The quantitative estimate of drug-likeness (QED) is 0.349. The molecule has 0 amide bonds. The van der Waals surface area contributed by atoms with Crippen LogP contribution in [-0.4, -0.2) is 42.8 Å². The molecule has 1 aromatic carbocycles. The molecule has 0 saturated heterocycles. The number of hydrogen-bond acceptors (Lipinski definition) is 4. The Morgan fingerprint density at radius 1 is 0.935 bits per heavy atom. The SMILES string of the molecule is CCCCCN(C)CCOc1ccc(-n2ccc(OCC(CC)CCC)cc2=O)cc1. The van der Waals surface area contributed by atoms with Crippen LogP contribution in [0.15, 0.2) is 47.4 Å². The summed E-state index contributed by atoms with van der Waals surface area (Å²) in [4.78, 5) is 14.9. The fourth-order valence-electron chi connectivity index (χ4n) is 3.56. The van der Waals surface area contributed by atoms with Crippen molar-refractivity contribution in [2.75, 3.05) is 33.4 Å². The van der Waals surface area contributed by atoms with Crippen molar-refractivity contribution >= 4 is 0 Å². The van der Waals surface area contributed by atoms with Crippen LogP contribution in [-0.2, 0) is 0 Å². The Balaban J connectivity index is 1.87. The van der Waals surface area contributed by atoms with Crippen LogP contribution in [0, 0.1) is 5.92 Å². The highest BCUT2D eigenvalue weighted by Crippen LogP contribution is 2.17. The van der Waals surface area contributed by atoms with Gasteiger partial charge in [-0.25, -0.2) is 0 Å². The fraction of sp³-hybridized carbons (Fsp3) is 0.577. The predicted molar refractivity (Wildman–Crippen MR) is 129 cm³/mol. The Morgan fingerprint density at radius 3 is 2.35 bits per heavy atom. The largest absolute Gasteiger partial charge is 0.493 e. The molecule has 2 aromatic rings. The summed E-state index contributed by atoms with van der Waals surface area (Å²) in [7, 11) is 2.13. The zero-order valence-electron chi connectivity index (χ0n) is 19.8. The third-order valence-electron chi connectivity index (χ3n) is 5.65. The highest BCUT2D eigenvalue weighted by atomic mass is 16.5. The normalized spacial score (nSPS) is 12.2. The van der Waals surface area contributed by atoms with E-state index in [1.165, 1.54) is 19.3 Å². The molecule has 0 fully saturated rings. The lowest BCUT2D eigenvalue weighted by molar-refractivity contribution is 0.234. The van der Waals surface area contributed by atoms with Gasteiger partial charge in [0.25, 0.3) is 5.56 Å². The van der Waals surface area contributed by atoms with E-state index in [9.17, 15) is 4.79 Å². The van der Waals surface area contributed by atoms with Crippen LogP contribution in [0.2, 0.25) is 0 Å². The molecule has 5 nitrogen and oxygen atoms in total. The first kappa shape index (κ1) is 25.0. The standard InChI is InChI=1S/C26H40N2O3/c1-5-8-9-16-27(4)18-19-30-24-13-11-23(12-14-24)28-17-15-25(20-26(28)29)31-21-22(7-3)10-6-2/h11-15,17,20,22H,5-10,16,18-19,21H2,1-4H3. The second-order valence-corrected chi connectivity index (χ2v) is 8.30. The molecule has 0 saturated carbocycles. The summed E-state index contributed by atoms with van der Waals surface area (Å²) in [6, 6.07) is 11.1. The molecule has 1 atom stereocenters. The fourth-order valence-corrected chi connectivity index (χ4v) is 3.56. The third-order valence-corrected chi connectivity index (χ3v) is 5.65. The van der Waals surface area contributed by atoms with Gasteiger partial charge in [-0.3, -0.25) is 9.36 Å². The van der Waals surface area contributed by atoms with E-state index < -0.39 is 0 Å².